The van der Waals surface area contributed by atoms with Gasteiger partial charge in [0.25, 0.3) is 0 Å². The smallest absolute Gasteiger partial charge is 0.426 e. The normalized spacial score (nSPS) is 14.0. The fourth-order valence-corrected chi connectivity index (χ4v) is 3.17. The van der Waals surface area contributed by atoms with Gasteiger partial charge >= 0.3 is 7.12 Å². The summed E-state index contributed by atoms with van der Waals surface area (Å²) in [5.41, 5.74) is 1.68. The van der Waals surface area contributed by atoms with Gasteiger partial charge < -0.3 is 25.2 Å². The van der Waals surface area contributed by atoms with Gasteiger partial charge in [-0.2, -0.15) is 0 Å². The number of rotatable bonds is 12. The van der Waals surface area contributed by atoms with Gasteiger partial charge in [-0.05, 0) is 42.5 Å². The zero-order valence-corrected chi connectivity index (χ0v) is 17.6. The van der Waals surface area contributed by atoms with Crippen molar-refractivity contribution in [2.24, 2.45) is 0 Å². The molecule has 0 aliphatic carbocycles. The van der Waals surface area contributed by atoms with Crippen LogP contribution in [0, 0.1) is 0 Å². The SMILES string of the molecule is COC[C@@H](NC(O)c1ccc(Cl)cc1)C(=O)N[C@@H](CCCc1ccccc1)B(O)O. The van der Waals surface area contributed by atoms with Crippen molar-refractivity contribution < 1.29 is 24.7 Å². The molecule has 7 nitrogen and oxygen atoms in total. The molecular formula is C21H28BClN2O5. The highest BCUT2D eigenvalue weighted by atomic mass is 35.5. The molecule has 0 heterocycles. The van der Waals surface area contributed by atoms with Crippen LogP contribution >= 0.6 is 11.6 Å². The Kier molecular flexibility index (Phi) is 10.3. The topological polar surface area (TPSA) is 111 Å². The molecule has 0 fully saturated rings. The lowest BCUT2D eigenvalue weighted by Gasteiger charge is -2.25. The fraction of sp³-hybridized carbons (Fsp3) is 0.381. The number of carbonyl (C=O) groups excluding carboxylic acids is 1. The summed E-state index contributed by atoms with van der Waals surface area (Å²) in [6.45, 7) is -0.00522. The molecule has 0 aliphatic rings. The first-order chi connectivity index (χ1) is 14.4. The molecule has 1 amide bonds. The fourth-order valence-electron chi connectivity index (χ4n) is 3.05. The summed E-state index contributed by atoms with van der Waals surface area (Å²) in [6.07, 6.45) is 0.693. The average Bonchev–Trinajstić information content (AvgIpc) is 2.73. The third-order valence-corrected chi connectivity index (χ3v) is 4.96. The standard InChI is InChI=1S/C21H28BClN2O5/c1-30-14-18(24-20(26)16-10-12-17(23)13-11-16)21(27)25-19(22(28)29)9-5-8-15-6-3-2-4-7-15/h2-4,6-7,10-13,18-20,24,26,28-29H,5,8-9,14H2,1H3,(H,25,27)/t18-,19+,20?/m1/s1. The molecule has 1 unspecified atom stereocenters. The monoisotopic (exact) mass is 434 g/mol. The van der Waals surface area contributed by atoms with E-state index in [1.807, 2.05) is 30.3 Å². The molecule has 3 atom stereocenters. The summed E-state index contributed by atoms with van der Waals surface area (Å²) in [5, 5.41) is 35.7. The number of ether oxygens (including phenoxy) is 1. The summed E-state index contributed by atoms with van der Waals surface area (Å²) < 4.78 is 5.08. The molecule has 0 saturated carbocycles. The van der Waals surface area contributed by atoms with Gasteiger partial charge in [-0.3, -0.25) is 10.1 Å². The van der Waals surface area contributed by atoms with Crippen LogP contribution in [0.5, 0.6) is 0 Å². The first-order valence-corrected chi connectivity index (χ1v) is 10.2. The molecule has 9 heteroatoms. The Labute approximate surface area is 182 Å². The van der Waals surface area contributed by atoms with Gasteiger partial charge in [-0.15, -0.1) is 0 Å². The number of aryl methyl sites for hydroxylation is 1. The van der Waals surface area contributed by atoms with E-state index >= 15 is 0 Å². The highest BCUT2D eigenvalue weighted by Gasteiger charge is 2.29. The predicted molar refractivity (Wildman–Crippen MR) is 117 cm³/mol. The Bertz CT molecular complexity index is 764. The van der Waals surface area contributed by atoms with E-state index in [1.165, 1.54) is 7.11 Å². The molecule has 0 radical (unpaired) electrons. The van der Waals surface area contributed by atoms with Crippen molar-refractivity contribution in [1.29, 1.82) is 0 Å². The van der Waals surface area contributed by atoms with Gasteiger partial charge in [0.1, 0.15) is 12.3 Å². The van der Waals surface area contributed by atoms with Crippen LogP contribution in [0.3, 0.4) is 0 Å². The highest BCUT2D eigenvalue weighted by Crippen LogP contribution is 2.15. The van der Waals surface area contributed by atoms with E-state index in [1.54, 1.807) is 24.3 Å². The maximum Gasteiger partial charge on any atom is 0.475 e. The molecule has 0 spiro atoms. The molecule has 0 bridgehead atoms. The number of hydrogen-bond donors (Lipinski definition) is 5. The van der Waals surface area contributed by atoms with E-state index in [2.05, 4.69) is 10.6 Å². The molecule has 2 rings (SSSR count). The average molecular weight is 435 g/mol. The van der Waals surface area contributed by atoms with Crippen LogP contribution in [0.4, 0.5) is 0 Å². The second-order valence-corrected chi connectivity index (χ2v) is 7.47. The van der Waals surface area contributed by atoms with Gasteiger partial charge in [-0.25, -0.2) is 0 Å². The quantitative estimate of drug-likeness (QED) is 0.255. The lowest BCUT2D eigenvalue weighted by Crippen LogP contribution is -2.54. The first kappa shape index (κ1) is 24.3. The summed E-state index contributed by atoms with van der Waals surface area (Å²) >= 11 is 5.86. The van der Waals surface area contributed by atoms with E-state index in [-0.39, 0.29) is 6.61 Å². The minimum absolute atomic E-state index is 0.00522. The van der Waals surface area contributed by atoms with E-state index in [0.29, 0.717) is 23.4 Å². The van der Waals surface area contributed by atoms with Crippen LogP contribution in [0.1, 0.15) is 30.2 Å². The summed E-state index contributed by atoms with van der Waals surface area (Å²) in [6, 6.07) is 15.5. The molecule has 0 saturated heterocycles. The van der Waals surface area contributed by atoms with E-state index in [0.717, 1.165) is 12.0 Å². The number of methoxy groups -OCH3 is 1. The summed E-state index contributed by atoms with van der Waals surface area (Å²) in [5.74, 6) is -1.34. The van der Waals surface area contributed by atoms with Gasteiger partial charge in [0.05, 0.1) is 12.5 Å². The maximum absolute atomic E-state index is 12.7. The molecule has 30 heavy (non-hydrogen) atoms. The zero-order chi connectivity index (χ0) is 21.9. The molecular weight excluding hydrogens is 407 g/mol. The maximum atomic E-state index is 12.7. The highest BCUT2D eigenvalue weighted by molar-refractivity contribution is 6.43. The van der Waals surface area contributed by atoms with Crippen molar-refractivity contribution in [2.75, 3.05) is 13.7 Å². The number of carbonyl (C=O) groups is 1. The summed E-state index contributed by atoms with van der Waals surface area (Å²) in [7, 11) is -0.261. The molecule has 0 aliphatic heterocycles. The molecule has 2 aromatic carbocycles. The Morgan fingerprint density at radius 2 is 1.80 bits per heavy atom. The van der Waals surface area contributed by atoms with E-state index in [4.69, 9.17) is 16.3 Å². The Morgan fingerprint density at radius 1 is 1.13 bits per heavy atom. The van der Waals surface area contributed by atoms with Gasteiger partial charge in [-0.1, -0.05) is 54.1 Å². The number of aliphatic hydroxyl groups excluding tert-OH is 1. The number of hydrogen-bond acceptors (Lipinski definition) is 6. The Balaban J connectivity index is 1.93. The van der Waals surface area contributed by atoms with E-state index in [9.17, 15) is 19.9 Å². The minimum atomic E-state index is -1.70. The number of amides is 1. The van der Waals surface area contributed by atoms with Crippen LogP contribution in [-0.4, -0.2) is 53.9 Å². The van der Waals surface area contributed by atoms with Crippen LogP contribution < -0.4 is 10.6 Å². The van der Waals surface area contributed by atoms with Crippen molar-refractivity contribution in [3.05, 3.63) is 70.7 Å². The lowest BCUT2D eigenvalue weighted by atomic mass is 9.76. The number of benzene rings is 2. The zero-order valence-electron chi connectivity index (χ0n) is 16.9. The second kappa shape index (κ2) is 12.7. The van der Waals surface area contributed by atoms with Gasteiger partial charge in [0.15, 0.2) is 0 Å². The third-order valence-electron chi connectivity index (χ3n) is 4.71. The van der Waals surface area contributed by atoms with Crippen LogP contribution in [0.25, 0.3) is 0 Å². The van der Waals surface area contributed by atoms with Gasteiger partial charge in [0, 0.05) is 12.1 Å². The van der Waals surface area contributed by atoms with Crippen LogP contribution in [0.2, 0.25) is 5.02 Å². The third kappa shape index (κ3) is 8.06. The largest absolute Gasteiger partial charge is 0.475 e. The van der Waals surface area contributed by atoms with Crippen LogP contribution in [-0.2, 0) is 16.0 Å². The predicted octanol–water partition coefficient (Wildman–Crippen LogP) is 1.46. The van der Waals surface area contributed by atoms with Gasteiger partial charge in [0.2, 0.25) is 5.91 Å². The van der Waals surface area contributed by atoms with Crippen molar-refractivity contribution in [1.82, 2.24) is 10.6 Å². The van der Waals surface area contributed by atoms with Crippen molar-refractivity contribution >= 4 is 24.6 Å². The minimum Gasteiger partial charge on any atom is -0.426 e. The van der Waals surface area contributed by atoms with E-state index < -0.39 is 31.2 Å². The molecule has 2 aromatic rings. The lowest BCUT2D eigenvalue weighted by molar-refractivity contribution is -0.126. The number of halogens is 1. The first-order valence-electron chi connectivity index (χ1n) is 9.79. The summed E-state index contributed by atoms with van der Waals surface area (Å²) in [4.78, 5) is 12.7. The molecule has 5 N–H and O–H groups in total. The van der Waals surface area contributed by atoms with Crippen LogP contribution in [0.15, 0.2) is 54.6 Å². The van der Waals surface area contributed by atoms with Crippen molar-refractivity contribution in [3.8, 4) is 0 Å². The van der Waals surface area contributed by atoms with Crippen molar-refractivity contribution in [2.45, 2.75) is 37.5 Å². The number of nitrogens with one attached hydrogen (secondary N) is 2. The Hall–Kier alpha value is -1.94. The van der Waals surface area contributed by atoms with Crippen molar-refractivity contribution in [3.63, 3.8) is 0 Å². The molecule has 162 valence electrons. The number of aliphatic hydroxyl groups is 1. The molecule has 0 aromatic heterocycles. The second-order valence-electron chi connectivity index (χ2n) is 7.04. The Morgan fingerprint density at radius 3 is 2.40 bits per heavy atom.